The summed E-state index contributed by atoms with van der Waals surface area (Å²) in [5, 5.41) is 0. The van der Waals surface area contributed by atoms with Gasteiger partial charge in [0.15, 0.2) is 0 Å². The molecule has 0 spiro atoms. The van der Waals surface area contributed by atoms with E-state index in [4.69, 9.17) is 0 Å². The van der Waals surface area contributed by atoms with Crippen molar-refractivity contribution >= 4 is 11.9 Å². The Morgan fingerprint density at radius 3 is 2.57 bits per heavy atom. The third kappa shape index (κ3) is 2.72. The summed E-state index contributed by atoms with van der Waals surface area (Å²) >= 11 is 0. The van der Waals surface area contributed by atoms with Crippen molar-refractivity contribution in [3.05, 3.63) is 0 Å². The predicted molar refractivity (Wildman–Crippen MR) is 52.0 cm³/mol. The minimum Gasteiger partial charge on any atom is -0.453 e. The first-order chi connectivity index (χ1) is 6.65. The van der Waals surface area contributed by atoms with Gasteiger partial charge in [-0.1, -0.05) is 0 Å². The molecule has 1 atom stereocenters. The molecule has 1 amide bonds. The molecule has 80 valence electrons. The summed E-state index contributed by atoms with van der Waals surface area (Å²) in [6, 6.07) is 0. The normalized spacial score (nSPS) is 22.7. The van der Waals surface area contributed by atoms with Gasteiger partial charge in [0, 0.05) is 19.0 Å². The Hall–Kier alpha value is -1.06. The second-order valence-electron chi connectivity index (χ2n) is 3.70. The highest BCUT2D eigenvalue weighted by molar-refractivity contribution is 5.78. The zero-order valence-electron chi connectivity index (χ0n) is 8.78. The minimum atomic E-state index is -0.283. The monoisotopic (exact) mass is 199 g/mol. The molecule has 0 N–H and O–H groups in total. The minimum absolute atomic E-state index is 0.129. The third-order valence-corrected chi connectivity index (χ3v) is 2.74. The van der Waals surface area contributed by atoms with Gasteiger partial charge < -0.3 is 9.64 Å². The highest BCUT2D eigenvalue weighted by atomic mass is 16.5. The fraction of sp³-hybridized carbons (Fsp3) is 0.800. The third-order valence-electron chi connectivity index (χ3n) is 2.74. The van der Waals surface area contributed by atoms with Crippen molar-refractivity contribution in [2.45, 2.75) is 26.2 Å². The average molecular weight is 199 g/mol. The second kappa shape index (κ2) is 4.98. The van der Waals surface area contributed by atoms with Gasteiger partial charge in [0.2, 0.25) is 0 Å². The van der Waals surface area contributed by atoms with E-state index in [0.717, 1.165) is 19.3 Å². The van der Waals surface area contributed by atoms with E-state index in [1.807, 2.05) is 0 Å². The quantitative estimate of drug-likeness (QED) is 0.642. The molecule has 1 fully saturated rings. The van der Waals surface area contributed by atoms with Gasteiger partial charge in [-0.05, 0) is 26.2 Å². The van der Waals surface area contributed by atoms with Crippen LogP contribution in [0.15, 0.2) is 0 Å². The zero-order valence-corrected chi connectivity index (χ0v) is 8.78. The number of carbonyl (C=O) groups excluding carboxylic acids is 2. The predicted octanol–water partition coefficient (Wildman–Crippen LogP) is 1.44. The summed E-state index contributed by atoms with van der Waals surface area (Å²) in [6.45, 7) is 2.96. The van der Waals surface area contributed by atoms with E-state index in [1.54, 1.807) is 11.8 Å². The summed E-state index contributed by atoms with van der Waals surface area (Å²) in [4.78, 5) is 24.0. The van der Waals surface area contributed by atoms with E-state index in [9.17, 15) is 9.59 Å². The van der Waals surface area contributed by atoms with Gasteiger partial charge in [-0.15, -0.1) is 0 Å². The van der Waals surface area contributed by atoms with Crippen LogP contribution in [0.1, 0.15) is 26.2 Å². The number of hydrogen-bond acceptors (Lipinski definition) is 3. The molecule has 14 heavy (non-hydrogen) atoms. The number of hydrogen-bond donors (Lipinski definition) is 0. The molecule has 0 aromatic heterocycles. The lowest BCUT2D eigenvalue weighted by molar-refractivity contribution is -0.121. The van der Waals surface area contributed by atoms with E-state index in [2.05, 4.69) is 4.74 Å². The number of ketones is 1. The first kappa shape index (κ1) is 11.0. The van der Waals surface area contributed by atoms with Gasteiger partial charge in [0.05, 0.1) is 7.11 Å². The summed E-state index contributed by atoms with van der Waals surface area (Å²) in [6.07, 6.45) is 2.27. The Kier molecular flexibility index (Phi) is 3.92. The number of rotatable bonds is 1. The summed E-state index contributed by atoms with van der Waals surface area (Å²) in [7, 11) is 1.38. The Morgan fingerprint density at radius 2 is 2.00 bits per heavy atom. The molecule has 0 saturated carbocycles. The highest BCUT2D eigenvalue weighted by Crippen LogP contribution is 2.18. The maximum Gasteiger partial charge on any atom is 0.409 e. The lowest BCUT2D eigenvalue weighted by Gasteiger charge is -2.18. The van der Waals surface area contributed by atoms with Gasteiger partial charge in [-0.25, -0.2) is 4.79 Å². The van der Waals surface area contributed by atoms with Gasteiger partial charge in [0.1, 0.15) is 5.78 Å². The van der Waals surface area contributed by atoms with Crippen molar-refractivity contribution in [3.8, 4) is 0 Å². The maximum absolute atomic E-state index is 11.2. The number of methoxy groups -OCH3 is 1. The number of nitrogens with zero attached hydrogens (tertiary/aromatic N) is 1. The van der Waals surface area contributed by atoms with Crippen molar-refractivity contribution in [2.24, 2.45) is 5.92 Å². The number of amides is 1. The van der Waals surface area contributed by atoms with E-state index >= 15 is 0 Å². The standard InChI is InChI=1S/C10H17NO3/c1-8(12)9-4-3-6-11(7-5-9)10(13)14-2/h9H,3-7H2,1-2H3. The molecule has 4 heteroatoms. The van der Waals surface area contributed by atoms with Crippen LogP contribution in [0.3, 0.4) is 0 Å². The van der Waals surface area contributed by atoms with Crippen LogP contribution in [-0.2, 0) is 9.53 Å². The molecule has 1 aliphatic rings. The average Bonchev–Trinajstić information content (AvgIpc) is 2.41. The molecule has 0 bridgehead atoms. The van der Waals surface area contributed by atoms with Gasteiger partial charge in [-0.2, -0.15) is 0 Å². The second-order valence-corrected chi connectivity index (χ2v) is 3.70. The molecule has 1 rings (SSSR count). The topological polar surface area (TPSA) is 46.6 Å². The van der Waals surface area contributed by atoms with Crippen LogP contribution in [0, 0.1) is 5.92 Å². The maximum atomic E-state index is 11.2. The molecule has 1 saturated heterocycles. The summed E-state index contributed by atoms with van der Waals surface area (Å²) in [5.41, 5.74) is 0. The van der Waals surface area contributed by atoms with E-state index in [0.29, 0.717) is 13.1 Å². The molecule has 0 aliphatic carbocycles. The molecular weight excluding hydrogens is 182 g/mol. The lowest BCUT2D eigenvalue weighted by Crippen LogP contribution is -2.31. The number of likely N-dealkylation sites (tertiary alicyclic amines) is 1. The summed E-state index contributed by atoms with van der Waals surface area (Å²) in [5.74, 6) is 0.362. The van der Waals surface area contributed by atoms with Crippen LogP contribution >= 0.6 is 0 Å². The lowest BCUT2D eigenvalue weighted by atomic mass is 9.97. The van der Waals surface area contributed by atoms with E-state index in [-0.39, 0.29) is 17.8 Å². The smallest absolute Gasteiger partial charge is 0.409 e. The number of ether oxygens (including phenoxy) is 1. The van der Waals surface area contributed by atoms with Crippen molar-refractivity contribution in [1.29, 1.82) is 0 Å². The number of carbonyl (C=O) groups is 2. The van der Waals surface area contributed by atoms with Crippen LogP contribution in [0.4, 0.5) is 4.79 Å². The van der Waals surface area contributed by atoms with Crippen LogP contribution in [0.5, 0.6) is 0 Å². The van der Waals surface area contributed by atoms with Gasteiger partial charge in [0.25, 0.3) is 0 Å². The zero-order chi connectivity index (χ0) is 10.6. The SMILES string of the molecule is COC(=O)N1CCCC(C(C)=O)CC1. The molecular formula is C10H17NO3. The van der Waals surface area contributed by atoms with E-state index in [1.165, 1.54) is 7.11 Å². The Morgan fingerprint density at radius 1 is 1.29 bits per heavy atom. The van der Waals surface area contributed by atoms with Gasteiger partial charge >= 0.3 is 6.09 Å². The first-order valence-electron chi connectivity index (χ1n) is 4.98. The van der Waals surface area contributed by atoms with Crippen molar-refractivity contribution in [1.82, 2.24) is 4.90 Å². The van der Waals surface area contributed by atoms with Crippen molar-refractivity contribution in [3.63, 3.8) is 0 Å². The van der Waals surface area contributed by atoms with Crippen molar-refractivity contribution < 1.29 is 14.3 Å². The van der Waals surface area contributed by atoms with Crippen LogP contribution in [-0.4, -0.2) is 37.0 Å². The fourth-order valence-electron chi connectivity index (χ4n) is 1.81. The van der Waals surface area contributed by atoms with Crippen LogP contribution < -0.4 is 0 Å². The Balaban J connectivity index is 2.48. The number of Topliss-reactive ketones (excluding diaryl/α,β-unsaturated/α-hetero) is 1. The van der Waals surface area contributed by atoms with Crippen LogP contribution in [0.2, 0.25) is 0 Å². The molecule has 0 aromatic rings. The Labute approximate surface area is 84.2 Å². The molecule has 1 aliphatic heterocycles. The van der Waals surface area contributed by atoms with Gasteiger partial charge in [-0.3, -0.25) is 4.79 Å². The van der Waals surface area contributed by atoms with E-state index < -0.39 is 0 Å². The fourth-order valence-corrected chi connectivity index (χ4v) is 1.81. The molecule has 1 unspecified atom stereocenters. The summed E-state index contributed by atoms with van der Waals surface area (Å²) < 4.78 is 4.64. The molecule has 0 aromatic carbocycles. The Bertz CT molecular complexity index is 227. The van der Waals surface area contributed by atoms with Crippen molar-refractivity contribution in [2.75, 3.05) is 20.2 Å². The first-order valence-corrected chi connectivity index (χ1v) is 4.98. The largest absolute Gasteiger partial charge is 0.453 e. The van der Waals surface area contributed by atoms with Crippen LogP contribution in [0.25, 0.3) is 0 Å². The molecule has 1 heterocycles. The highest BCUT2D eigenvalue weighted by Gasteiger charge is 2.22. The molecule has 4 nitrogen and oxygen atoms in total. The molecule has 0 radical (unpaired) electrons.